The summed E-state index contributed by atoms with van der Waals surface area (Å²) in [6, 6.07) is 0. The lowest BCUT2D eigenvalue weighted by molar-refractivity contribution is 0.0356. The highest BCUT2D eigenvalue weighted by Gasteiger charge is 2.16. The quantitative estimate of drug-likeness (QED) is 0.490. The highest BCUT2D eigenvalue weighted by atomic mass is 15.6. The molecule has 0 aliphatic carbocycles. The molecular weight excluding hydrogens is 124 g/mol. The van der Waals surface area contributed by atoms with E-state index in [1.165, 1.54) is 0 Å². The van der Waals surface area contributed by atoms with Gasteiger partial charge >= 0.3 is 0 Å². The van der Waals surface area contributed by atoms with E-state index in [9.17, 15) is 0 Å². The van der Waals surface area contributed by atoms with Gasteiger partial charge in [0.25, 0.3) is 0 Å². The van der Waals surface area contributed by atoms with Gasteiger partial charge in [-0.25, -0.2) is 10.0 Å². The van der Waals surface area contributed by atoms with E-state index in [2.05, 4.69) is 37.3 Å². The lowest BCUT2D eigenvalue weighted by Crippen LogP contribution is -2.43. The van der Waals surface area contributed by atoms with Gasteiger partial charge in [0.2, 0.25) is 0 Å². The summed E-state index contributed by atoms with van der Waals surface area (Å²) < 4.78 is 0. The second kappa shape index (κ2) is 2.56. The summed E-state index contributed by atoms with van der Waals surface area (Å²) in [7, 11) is 4.11. The first-order valence-corrected chi connectivity index (χ1v) is 3.39. The minimum atomic E-state index is 0.912. The maximum Gasteiger partial charge on any atom is 0.0378 e. The predicted molar refractivity (Wildman–Crippen MR) is 43.5 cm³/mol. The summed E-state index contributed by atoms with van der Waals surface area (Å²) in [4.78, 5) is 0. The SMILES string of the molecule is C=C1CN(C)N(C)CC1=C. The van der Waals surface area contributed by atoms with Crippen LogP contribution in [0.5, 0.6) is 0 Å². The molecule has 1 saturated heterocycles. The summed E-state index contributed by atoms with van der Waals surface area (Å²) in [6.07, 6.45) is 0. The first-order chi connectivity index (χ1) is 4.61. The van der Waals surface area contributed by atoms with E-state index in [1.54, 1.807) is 0 Å². The maximum absolute atomic E-state index is 3.91. The van der Waals surface area contributed by atoms with Crippen LogP contribution < -0.4 is 0 Å². The van der Waals surface area contributed by atoms with Crippen molar-refractivity contribution < 1.29 is 0 Å². The van der Waals surface area contributed by atoms with Crippen molar-refractivity contribution in [3.63, 3.8) is 0 Å². The van der Waals surface area contributed by atoms with E-state index < -0.39 is 0 Å². The first-order valence-electron chi connectivity index (χ1n) is 3.39. The third-order valence-corrected chi connectivity index (χ3v) is 1.92. The zero-order chi connectivity index (χ0) is 7.72. The fraction of sp³-hybridized carbons (Fsp3) is 0.500. The van der Waals surface area contributed by atoms with Crippen molar-refractivity contribution in [1.82, 2.24) is 10.0 Å². The molecule has 0 radical (unpaired) electrons. The second-order valence-electron chi connectivity index (χ2n) is 2.84. The molecule has 0 unspecified atom stereocenters. The zero-order valence-electron chi connectivity index (χ0n) is 6.72. The van der Waals surface area contributed by atoms with Crippen molar-refractivity contribution >= 4 is 0 Å². The van der Waals surface area contributed by atoms with Crippen LogP contribution in [0.3, 0.4) is 0 Å². The van der Waals surface area contributed by atoms with Crippen LogP contribution >= 0.6 is 0 Å². The summed E-state index contributed by atoms with van der Waals surface area (Å²) in [5.41, 5.74) is 2.31. The molecule has 0 aromatic carbocycles. The molecule has 0 saturated carbocycles. The molecule has 0 amide bonds. The Bertz CT molecular complexity index is 152. The molecule has 0 aromatic rings. The van der Waals surface area contributed by atoms with Gasteiger partial charge in [-0.15, -0.1) is 0 Å². The van der Waals surface area contributed by atoms with E-state index in [0.717, 1.165) is 24.2 Å². The van der Waals surface area contributed by atoms with Crippen molar-refractivity contribution in [2.24, 2.45) is 0 Å². The van der Waals surface area contributed by atoms with Crippen molar-refractivity contribution in [2.45, 2.75) is 0 Å². The van der Waals surface area contributed by atoms with Gasteiger partial charge < -0.3 is 0 Å². The van der Waals surface area contributed by atoms with Gasteiger partial charge in [0.1, 0.15) is 0 Å². The predicted octanol–water partition coefficient (Wildman–Crippen LogP) is 0.891. The zero-order valence-corrected chi connectivity index (χ0v) is 6.72. The lowest BCUT2D eigenvalue weighted by atomic mass is 10.1. The second-order valence-corrected chi connectivity index (χ2v) is 2.84. The number of likely N-dealkylation sites (N-methyl/N-ethyl adjacent to an activating group) is 2. The standard InChI is InChI=1S/C8H14N2/c1-7-5-9(3)10(4)6-8(7)2/h1-2,5-6H2,3-4H3. The summed E-state index contributed by atoms with van der Waals surface area (Å²) >= 11 is 0. The first kappa shape index (κ1) is 7.51. The molecule has 0 aromatic heterocycles. The molecule has 56 valence electrons. The highest BCUT2D eigenvalue weighted by Crippen LogP contribution is 2.14. The normalized spacial score (nSPS) is 23.8. The molecule has 0 atom stereocenters. The molecule has 2 nitrogen and oxygen atoms in total. The number of nitrogens with zero attached hydrogens (tertiary/aromatic N) is 2. The molecule has 1 aliphatic heterocycles. The lowest BCUT2D eigenvalue weighted by Gasteiger charge is -2.35. The van der Waals surface area contributed by atoms with Gasteiger partial charge in [0, 0.05) is 27.2 Å². The van der Waals surface area contributed by atoms with Crippen LogP contribution in [0.1, 0.15) is 0 Å². The average molecular weight is 138 g/mol. The van der Waals surface area contributed by atoms with Crippen LogP contribution in [-0.4, -0.2) is 37.2 Å². The van der Waals surface area contributed by atoms with Crippen LogP contribution in [0.25, 0.3) is 0 Å². The minimum absolute atomic E-state index is 0.912. The van der Waals surface area contributed by atoms with Crippen LogP contribution in [0, 0.1) is 0 Å². The van der Waals surface area contributed by atoms with Gasteiger partial charge in [0.05, 0.1) is 0 Å². The van der Waals surface area contributed by atoms with Crippen molar-refractivity contribution in [3.8, 4) is 0 Å². The monoisotopic (exact) mass is 138 g/mol. The number of rotatable bonds is 0. The van der Waals surface area contributed by atoms with E-state index in [0.29, 0.717) is 0 Å². The van der Waals surface area contributed by atoms with Gasteiger partial charge in [-0.1, -0.05) is 13.2 Å². The summed E-state index contributed by atoms with van der Waals surface area (Å²) in [5, 5.41) is 4.27. The highest BCUT2D eigenvalue weighted by molar-refractivity contribution is 5.29. The molecular formula is C8H14N2. The van der Waals surface area contributed by atoms with E-state index in [1.807, 2.05) is 0 Å². The fourth-order valence-corrected chi connectivity index (χ4v) is 1.02. The van der Waals surface area contributed by atoms with Gasteiger partial charge in [0.15, 0.2) is 0 Å². The van der Waals surface area contributed by atoms with Crippen LogP contribution in [0.2, 0.25) is 0 Å². The maximum atomic E-state index is 3.91. The van der Waals surface area contributed by atoms with Crippen LogP contribution in [0.4, 0.5) is 0 Å². The van der Waals surface area contributed by atoms with Crippen LogP contribution in [-0.2, 0) is 0 Å². The number of hydrogen-bond donors (Lipinski definition) is 0. The molecule has 0 N–H and O–H groups in total. The molecule has 2 heteroatoms. The summed E-state index contributed by atoms with van der Waals surface area (Å²) in [6.45, 7) is 9.65. The third kappa shape index (κ3) is 1.28. The fourth-order valence-electron chi connectivity index (χ4n) is 1.02. The molecule has 10 heavy (non-hydrogen) atoms. The molecule has 1 rings (SSSR count). The average Bonchev–Trinajstić information content (AvgIpc) is 1.84. The van der Waals surface area contributed by atoms with Gasteiger partial charge in [-0.3, -0.25) is 0 Å². The molecule has 0 spiro atoms. The van der Waals surface area contributed by atoms with E-state index in [4.69, 9.17) is 0 Å². The van der Waals surface area contributed by atoms with Crippen molar-refractivity contribution in [3.05, 3.63) is 24.3 Å². The van der Waals surface area contributed by atoms with E-state index in [-0.39, 0.29) is 0 Å². The van der Waals surface area contributed by atoms with Crippen molar-refractivity contribution in [1.29, 1.82) is 0 Å². The molecule has 1 fully saturated rings. The largest absolute Gasteiger partial charge is 0.240 e. The Morgan fingerprint density at radius 1 is 1.00 bits per heavy atom. The van der Waals surface area contributed by atoms with Gasteiger partial charge in [-0.05, 0) is 11.1 Å². The Hall–Kier alpha value is -0.600. The topological polar surface area (TPSA) is 6.48 Å². The third-order valence-electron chi connectivity index (χ3n) is 1.92. The summed E-state index contributed by atoms with van der Waals surface area (Å²) in [5.74, 6) is 0. The Balaban J connectivity index is 2.63. The molecule has 1 heterocycles. The van der Waals surface area contributed by atoms with Crippen molar-refractivity contribution in [2.75, 3.05) is 27.2 Å². The number of hydrogen-bond acceptors (Lipinski definition) is 2. The minimum Gasteiger partial charge on any atom is -0.240 e. The number of hydrazine groups is 1. The molecule has 0 bridgehead atoms. The Labute approximate surface area is 62.4 Å². The Morgan fingerprint density at radius 2 is 1.30 bits per heavy atom. The Kier molecular flexibility index (Phi) is 1.92. The van der Waals surface area contributed by atoms with E-state index >= 15 is 0 Å². The molecule has 1 aliphatic rings. The van der Waals surface area contributed by atoms with Gasteiger partial charge in [-0.2, -0.15) is 0 Å². The Morgan fingerprint density at radius 3 is 1.60 bits per heavy atom. The smallest absolute Gasteiger partial charge is 0.0378 e. The van der Waals surface area contributed by atoms with Crippen LogP contribution in [0.15, 0.2) is 24.3 Å².